The van der Waals surface area contributed by atoms with Crippen molar-refractivity contribution in [2.24, 2.45) is 0 Å². The highest BCUT2D eigenvalue weighted by molar-refractivity contribution is 7.18. The Kier molecular flexibility index (Phi) is 4.49. The molecule has 2 heterocycles. The van der Waals surface area contributed by atoms with E-state index in [1.165, 1.54) is 17.4 Å². The zero-order valence-electron chi connectivity index (χ0n) is 12.2. The molecular formula is C16H13N3O3S. The van der Waals surface area contributed by atoms with Gasteiger partial charge in [0.15, 0.2) is 0 Å². The first-order chi connectivity index (χ1) is 11.2. The van der Waals surface area contributed by atoms with Crippen molar-refractivity contribution in [1.29, 1.82) is 0 Å². The van der Waals surface area contributed by atoms with Crippen molar-refractivity contribution in [3.63, 3.8) is 0 Å². The van der Waals surface area contributed by atoms with E-state index >= 15 is 0 Å². The molecule has 0 atom stereocenters. The van der Waals surface area contributed by atoms with E-state index in [1.807, 2.05) is 24.3 Å². The van der Waals surface area contributed by atoms with E-state index in [1.54, 1.807) is 31.6 Å². The number of hydrogen-bond acceptors (Lipinski definition) is 6. The third-order valence-electron chi connectivity index (χ3n) is 2.93. The Balaban J connectivity index is 1.65. The van der Waals surface area contributed by atoms with Crippen LogP contribution < -0.4 is 10.1 Å². The molecule has 7 heteroatoms. The molecule has 1 amide bonds. The summed E-state index contributed by atoms with van der Waals surface area (Å²) < 4.78 is 10.2. The number of nitrogens with one attached hydrogen (secondary N) is 1. The molecule has 0 bridgehead atoms. The van der Waals surface area contributed by atoms with E-state index < -0.39 is 0 Å². The molecule has 0 aliphatic carbocycles. The number of anilines is 1. The maximum absolute atomic E-state index is 11.8. The molecule has 0 unspecified atom stereocenters. The third-order valence-corrected chi connectivity index (χ3v) is 3.82. The average Bonchev–Trinajstić information content (AvgIpc) is 3.25. The summed E-state index contributed by atoms with van der Waals surface area (Å²) in [6.07, 6.45) is 4.51. The lowest BCUT2D eigenvalue weighted by atomic mass is 10.2. The number of methoxy groups -OCH3 is 1. The zero-order valence-corrected chi connectivity index (χ0v) is 13.0. The van der Waals surface area contributed by atoms with Gasteiger partial charge in [0.2, 0.25) is 11.0 Å². The predicted molar refractivity (Wildman–Crippen MR) is 88.3 cm³/mol. The van der Waals surface area contributed by atoms with E-state index in [0.717, 1.165) is 16.3 Å². The summed E-state index contributed by atoms with van der Waals surface area (Å²) in [4.78, 5) is 11.8. The van der Waals surface area contributed by atoms with Gasteiger partial charge in [-0.3, -0.25) is 10.1 Å². The van der Waals surface area contributed by atoms with Gasteiger partial charge in [0.05, 0.1) is 13.4 Å². The van der Waals surface area contributed by atoms with E-state index in [0.29, 0.717) is 10.9 Å². The molecule has 2 aromatic heterocycles. The number of amides is 1. The Bertz CT molecular complexity index is 807. The first-order valence-electron chi connectivity index (χ1n) is 6.75. The molecule has 23 heavy (non-hydrogen) atoms. The van der Waals surface area contributed by atoms with Gasteiger partial charge >= 0.3 is 0 Å². The molecule has 3 aromatic rings. The molecule has 0 aliphatic rings. The van der Waals surface area contributed by atoms with E-state index in [9.17, 15) is 4.79 Å². The molecule has 3 rings (SSSR count). The summed E-state index contributed by atoms with van der Waals surface area (Å²) >= 11 is 1.30. The Morgan fingerprint density at radius 1 is 1.26 bits per heavy atom. The maximum atomic E-state index is 11.8. The smallest absolute Gasteiger partial charge is 0.250 e. The van der Waals surface area contributed by atoms with Gasteiger partial charge in [-0.1, -0.05) is 11.3 Å². The van der Waals surface area contributed by atoms with Gasteiger partial charge in [0, 0.05) is 11.6 Å². The van der Waals surface area contributed by atoms with Gasteiger partial charge in [-0.05, 0) is 42.5 Å². The van der Waals surface area contributed by atoms with Gasteiger partial charge < -0.3 is 9.15 Å². The molecule has 0 spiro atoms. The molecule has 116 valence electrons. The van der Waals surface area contributed by atoms with Crippen molar-refractivity contribution in [1.82, 2.24) is 10.2 Å². The second-order valence-electron chi connectivity index (χ2n) is 4.48. The third kappa shape index (κ3) is 3.83. The van der Waals surface area contributed by atoms with Crippen LogP contribution in [0.1, 0.15) is 5.76 Å². The Hall–Kier alpha value is -2.93. The molecule has 0 aliphatic heterocycles. The second-order valence-corrected chi connectivity index (χ2v) is 5.46. The number of nitrogens with zero attached hydrogens (tertiary/aromatic N) is 2. The number of carbonyl (C=O) groups is 1. The maximum Gasteiger partial charge on any atom is 0.250 e. The van der Waals surface area contributed by atoms with Gasteiger partial charge in [-0.2, -0.15) is 0 Å². The van der Waals surface area contributed by atoms with Crippen LogP contribution in [-0.4, -0.2) is 23.2 Å². The van der Waals surface area contributed by atoms with Gasteiger partial charge in [-0.25, -0.2) is 0 Å². The fraction of sp³-hybridized carbons (Fsp3) is 0.0625. The van der Waals surface area contributed by atoms with Gasteiger partial charge in [0.25, 0.3) is 0 Å². The van der Waals surface area contributed by atoms with Crippen molar-refractivity contribution in [3.05, 3.63) is 54.5 Å². The van der Waals surface area contributed by atoms with Crippen LogP contribution in [0.4, 0.5) is 5.13 Å². The van der Waals surface area contributed by atoms with Crippen molar-refractivity contribution < 1.29 is 13.9 Å². The number of furan rings is 1. The molecule has 0 radical (unpaired) electrons. The standard InChI is InChI=1S/C16H13N3O3S/c1-21-12-6-4-11(5-7-12)15-18-19-16(23-15)17-14(20)9-8-13-3-2-10-22-13/h2-10H,1H3,(H,17,19,20)/b9-8+. The minimum absolute atomic E-state index is 0.293. The highest BCUT2D eigenvalue weighted by Gasteiger charge is 2.08. The number of aromatic nitrogens is 2. The second kappa shape index (κ2) is 6.89. The monoisotopic (exact) mass is 327 g/mol. The van der Waals surface area contributed by atoms with Crippen molar-refractivity contribution in [2.75, 3.05) is 12.4 Å². The highest BCUT2D eigenvalue weighted by atomic mass is 32.1. The summed E-state index contributed by atoms with van der Waals surface area (Å²) in [6, 6.07) is 11.0. The number of rotatable bonds is 5. The molecule has 0 saturated heterocycles. The molecule has 1 aromatic carbocycles. The summed E-state index contributed by atoms with van der Waals surface area (Å²) in [5.41, 5.74) is 0.912. The van der Waals surface area contributed by atoms with Crippen molar-refractivity contribution in [2.45, 2.75) is 0 Å². The number of ether oxygens (including phenoxy) is 1. The largest absolute Gasteiger partial charge is 0.497 e. The molecule has 0 fully saturated rings. The number of hydrogen-bond donors (Lipinski definition) is 1. The molecule has 6 nitrogen and oxygen atoms in total. The van der Waals surface area contributed by atoms with E-state index in [2.05, 4.69) is 15.5 Å². The normalized spacial score (nSPS) is 10.8. The quantitative estimate of drug-likeness (QED) is 0.726. The SMILES string of the molecule is COc1ccc(-c2nnc(NC(=O)/C=C/c3ccco3)s2)cc1. The van der Waals surface area contributed by atoms with Gasteiger partial charge in [-0.15, -0.1) is 10.2 Å². The summed E-state index contributed by atoms with van der Waals surface area (Å²) in [5, 5.41) is 11.9. The summed E-state index contributed by atoms with van der Waals surface area (Å²) in [7, 11) is 1.61. The predicted octanol–water partition coefficient (Wildman–Crippen LogP) is 3.46. The van der Waals surface area contributed by atoms with E-state index in [4.69, 9.17) is 9.15 Å². The lowest BCUT2D eigenvalue weighted by Crippen LogP contribution is -2.07. The highest BCUT2D eigenvalue weighted by Crippen LogP contribution is 2.27. The molecule has 0 saturated carbocycles. The zero-order chi connectivity index (χ0) is 16.1. The average molecular weight is 327 g/mol. The minimum Gasteiger partial charge on any atom is -0.497 e. The van der Waals surface area contributed by atoms with Crippen LogP contribution in [0.15, 0.2) is 53.2 Å². The Morgan fingerprint density at radius 2 is 2.09 bits per heavy atom. The lowest BCUT2D eigenvalue weighted by Gasteiger charge is -1.99. The Morgan fingerprint density at radius 3 is 2.78 bits per heavy atom. The van der Waals surface area contributed by atoms with Crippen molar-refractivity contribution >= 4 is 28.5 Å². The van der Waals surface area contributed by atoms with Gasteiger partial charge in [0.1, 0.15) is 16.5 Å². The first kappa shape index (κ1) is 15.0. The van der Waals surface area contributed by atoms with Crippen LogP contribution in [0.25, 0.3) is 16.6 Å². The van der Waals surface area contributed by atoms with Crippen molar-refractivity contribution in [3.8, 4) is 16.3 Å². The number of carbonyl (C=O) groups excluding carboxylic acids is 1. The topological polar surface area (TPSA) is 77.3 Å². The van der Waals surface area contributed by atoms with Crippen LogP contribution in [0.2, 0.25) is 0 Å². The molecular weight excluding hydrogens is 314 g/mol. The van der Waals surface area contributed by atoms with Crippen LogP contribution in [0.5, 0.6) is 5.75 Å². The van der Waals surface area contributed by atoms with Crippen LogP contribution in [0, 0.1) is 0 Å². The Labute approximate surface area is 136 Å². The number of benzene rings is 1. The summed E-state index contributed by atoms with van der Waals surface area (Å²) in [5.74, 6) is 1.09. The fourth-order valence-corrected chi connectivity index (χ4v) is 2.57. The van der Waals surface area contributed by atoms with E-state index in [-0.39, 0.29) is 5.91 Å². The molecule has 1 N–H and O–H groups in total. The fourth-order valence-electron chi connectivity index (χ4n) is 1.81. The lowest BCUT2D eigenvalue weighted by molar-refractivity contribution is -0.111. The minimum atomic E-state index is -0.293. The van der Waals surface area contributed by atoms with Crippen LogP contribution >= 0.6 is 11.3 Å². The van der Waals surface area contributed by atoms with Crippen LogP contribution in [-0.2, 0) is 4.79 Å². The van der Waals surface area contributed by atoms with Crippen LogP contribution in [0.3, 0.4) is 0 Å². The summed E-state index contributed by atoms with van der Waals surface area (Å²) in [6.45, 7) is 0. The first-order valence-corrected chi connectivity index (χ1v) is 7.57.